The van der Waals surface area contributed by atoms with Gasteiger partial charge in [-0.25, -0.2) is 14.8 Å². The summed E-state index contributed by atoms with van der Waals surface area (Å²) < 4.78 is 43.5. The summed E-state index contributed by atoms with van der Waals surface area (Å²) in [6.07, 6.45) is -3.85. The van der Waals surface area contributed by atoms with Crippen LogP contribution in [0.3, 0.4) is 0 Å². The van der Waals surface area contributed by atoms with Crippen molar-refractivity contribution in [1.82, 2.24) is 10.3 Å². The van der Waals surface area contributed by atoms with Crippen molar-refractivity contribution in [1.29, 1.82) is 0 Å². The Morgan fingerprint density at radius 1 is 1.41 bits per heavy atom. The topological polar surface area (TPSA) is 104 Å². The van der Waals surface area contributed by atoms with Gasteiger partial charge in [0, 0.05) is 26.6 Å². The number of aromatic carboxylic acids is 1. The predicted octanol–water partition coefficient (Wildman–Crippen LogP) is 2.15. The van der Waals surface area contributed by atoms with Gasteiger partial charge in [-0.2, -0.15) is 13.2 Å². The molecule has 0 radical (unpaired) electrons. The molecule has 1 saturated heterocycles. The van der Waals surface area contributed by atoms with Crippen molar-refractivity contribution in [2.24, 2.45) is 4.99 Å². The maximum Gasteiger partial charge on any atom is 0.433 e. The molecule has 1 amide bonds. The van der Waals surface area contributed by atoms with E-state index in [1.807, 2.05) is 4.90 Å². The third-order valence-electron chi connectivity index (χ3n) is 4.73. The molecular formula is C17H19F3N4O4S. The number of anilines is 1. The number of allylic oxidation sites excluding steroid dienone is 2. The minimum absolute atomic E-state index is 0.164. The molecule has 3 rings (SSSR count). The molecule has 1 aromatic heterocycles. The molecule has 12 heteroatoms. The first-order valence-electron chi connectivity index (χ1n) is 8.74. The van der Waals surface area contributed by atoms with Gasteiger partial charge in [0.05, 0.1) is 17.8 Å². The van der Waals surface area contributed by atoms with Gasteiger partial charge >= 0.3 is 12.1 Å². The van der Waals surface area contributed by atoms with E-state index in [1.165, 1.54) is 7.11 Å². The number of halogens is 3. The molecule has 1 fully saturated rings. The second kappa shape index (κ2) is 8.11. The van der Waals surface area contributed by atoms with Crippen LogP contribution in [0.1, 0.15) is 28.2 Å². The van der Waals surface area contributed by atoms with Gasteiger partial charge in [0.2, 0.25) is 0 Å². The van der Waals surface area contributed by atoms with Crippen molar-refractivity contribution in [3.8, 4) is 0 Å². The highest BCUT2D eigenvalue weighted by atomic mass is 32.1. The van der Waals surface area contributed by atoms with E-state index in [0.717, 1.165) is 17.4 Å². The summed E-state index contributed by atoms with van der Waals surface area (Å²) in [7, 11) is 1.47. The SMILES string of the molecule is CO[C@H]1CN(c2nc(C)c(C(=O)O)s2)CC[C@H]1NC(=O)C1=NC(C(F)(F)F)=CC1. The smallest absolute Gasteiger partial charge is 0.433 e. The summed E-state index contributed by atoms with van der Waals surface area (Å²) in [5.74, 6) is -1.69. The van der Waals surface area contributed by atoms with Crippen LogP contribution in [0.5, 0.6) is 0 Å². The maximum absolute atomic E-state index is 12.7. The lowest BCUT2D eigenvalue weighted by atomic mass is 10.0. The fourth-order valence-electron chi connectivity index (χ4n) is 3.21. The van der Waals surface area contributed by atoms with E-state index >= 15 is 0 Å². The summed E-state index contributed by atoms with van der Waals surface area (Å²) in [5.41, 5.74) is -0.820. The third kappa shape index (κ3) is 4.58. The number of carbonyl (C=O) groups excluding carboxylic acids is 1. The zero-order valence-corrected chi connectivity index (χ0v) is 16.4. The molecular weight excluding hydrogens is 413 g/mol. The Labute approximate surface area is 168 Å². The highest BCUT2D eigenvalue weighted by Gasteiger charge is 2.38. The molecule has 0 saturated carbocycles. The number of carboxylic acid groups (broad SMARTS) is 1. The summed E-state index contributed by atoms with van der Waals surface area (Å²) in [5, 5.41) is 12.4. The summed E-state index contributed by atoms with van der Waals surface area (Å²) in [4.78, 5) is 33.3. The average molecular weight is 432 g/mol. The molecule has 3 heterocycles. The Kier molecular flexibility index (Phi) is 5.94. The van der Waals surface area contributed by atoms with Crippen LogP contribution in [-0.4, -0.2) is 66.2 Å². The number of rotatable bonds is 5. The van der Waals surface area contributed by atoms with Crippen molar-refractivity contribution >= 4 is 34.1 Å². The first-order chi connectivity index (χ1) is 13.6. The van der Waals surface area contributed by atoms with Crippen LogP contribution in [0.2, 0.25) is 0 Å². The van der Waals surface area contributed by atoms with E-state index in [4.69, 9.17) is 4.74 Å². The average Bonchev–Trinajstić information content (AvgIpc) is 3.29. The third-order valence-corrected chi connectivity index (χ3v) is 5.93. The molecule has 2 aliphatic rings. The summed E-state index contributed by atoms with van der Waals surface area (Å²) in [6.45, 7) is 2.46. The van der Waals surface area contributed by atoms with E-state index < -0.39 is 35.9 Å². The van der Waals surface area contributed by atoms with Crippen molar-refractivity contribution in [2.45, 2.75) is 38.1 Å². The molecule has 0 aliphatic carbocycles. The van der Waals surface area contributed by atoms with Crippen LogP contribution in [0.4, 0.5) is 18.3 Å². The number of aryl methyl sites for hydroxylation is 1. The number of carbonyl (C=O) groups is 2. The van der Waals surface area contributed by atoms with Crippen LogP contribution >= 0.6 is 11.3 Å². The predicted molar refractivity (Wildman–Crippen MR) is 99.6 cm³/mol. The first kappa shape index (κ1) is 21.2. The number of amides is 1. The second-order valence-electron chi connectivity index (χ2n) is 6.65. The molecule has 8 nitrogen and oxygen atoms in total. The number of hydrogen-bond donors (Lipinski definition) is 2. The molecule has 158 valence electrons. The monoisotopic (exact) mass is 432 g/mol. The van der Waals surface area contributed by atoms with Gasteiger partial charge < -0.3 is 20.1 Å². The molecule has 0 aromatic carbocycles. The van der Waals surface area contributed by atoms with Gasteiger partial charge in [-0.05, 0) is 19.4 Å². The number of ether oxygens (including phenoxy) is 1. The van der Waals surface area contributed by atoms with Gasteiger partial charge in [0.15, 0.2) is 5.13 Å². The minimum Gasteiger partial charge on any atom is -0.477 e. The van der Waals surface area contributed by atoms with Crippen LogP contribution in [0, 0.1) is 6.92 Å². The Bertz CT molecular complexity index is 881. The van der Waals surface area contributed by atoms with Gasteiger partial charge in [0.1, 0.15) is 16.3 Å². The lowest BCUT2D eigenvalue weighted by Crippen LogP contribution is -2.55. The molecule has 29 heavy (non-hydrogen) atoms. The Morgan fingerprint density at radius 2 is 2.14 bits per heavy atom. The molecule has 2 atom stereocenters. The zero-order chi connectivity index (χ0) is 21.3. The van der Waals surface area contributed by atoms with Crippen LogP contribution in [-0.2, 0) is 9.53 Å². The molecule has 0 unspecified atom stereocenters. The Hall–Kier alpha value is -2.47. The van der Waals surface area contributed by atoms with E-state index in [9.17, 15) is 27.9 Å². The minimum atomic E-state index is -4.58. The maximum atomic E-state index is 12.7. The number of piperidine rings is 1. The van der Waals surface area contributed by atoms with E-state index in [0.29, 0.717) is 30.3 Å². The van der Waals surface area contributed by atoms with E-state index in [1.54, 1.807) is 6.92 Å². The number of thiazole rings is 1. The lowest BCUT2D eigenvalue weighted by molar-refractivity contribution is -0.116. The van der Waals surface area contributed by atoms with Gasteiger partial charge in [-0.1, -0.05) is 11.3 Å². The zero-order valence-electron chi connectivity index (χ0n) is 15.6. The highest BCUT2D eigenvalue weighted by molar-refractivity contribution is 7.17. The normalized spacial score (nSPS) is 22.3. The number of nitrogens with one attached hydrogen (secondary N) is 1. The van der Waals surface area contributed by atoms with Gasteiger partial charge in [-0.15, -0.1) is 0 Å². The van der Waals surface area contributed by atoms with Crippen LogP contribution in [0.25, 0.3) is 0 Å². The summed E-state index contributed by atoms with van der Waals surface area (Å²) >= 11 is 1.06. The van der Waals surface area contributed by atoms with Gasteiger partial charge in [0.25, 0.3) is 5.91 Å². The van der Waals surface area contributed by atoms with Crippen LogP contribution in [0.15, 0.2) is 16.8 Å². The lowest BCUT2D eigenvalue weighted by Gasteiger charge is -2.37. The largest absolute Gasteiger partial charge is 0.477 e. The van der Waals surface area contributed by atoms with E-state index in [2.05, 4.69) is 15.3 Å². The molecule has 2 aliphatic heterocycles. The highest BCUT2D eigenvalue weighted by Crippen LogP contribution is 2.31. The molecule has 1 aromatic rings. The van der Waals surface area contributed by atoms with Crippen molar-refractivity contribution in [3.05, 3.63) is 22.3 Å². The number of nitrogens with zero attached hydrogens (tertiary/aromatic N) is 3. The van der Waals surface area contributed by atoms with Crippen molar-refractivity contribution in [3.63, 3.8) is 0 Å². The standard InChI is InChI=1S/C17H19F3N4O4S/c1-8-13(15(26)27)29-16(21-8)24-6-5-9(11(7-24)28-2)23-14(25)10-3-4-12(22-10)17(18,19)20/h4,9,11H,3,5-7H2,1-2H3,(H,23,25)(H,26,27)/t9-,11+/m1/s1. The fourth-order valence-corrected chi connectivity index (χ4v) is 4.16. The Morgan fingerprint density at radius 3 is 2.69 bits per heavy atom. The summed E-state index contributed by atoms with van der Waals surface area (Å²) in [6, 6.07) is -0.415. The number of hydrogen-bond acceptors (Lipinski definition) is 7. The van der Waals surface area contributed by atoms with Crippen LogP contribution < -0.4 is 10.2 Å². The number of aromatic nitrogens is 1. The quantitative estimate of drug-likeness (QED) is 0.739. The molecule has 0 bridgehead atoms. The Balaban J connectivity index is 1.64. The second-order valence-corrected chi connectivity index (χ2v) is 7.63. The van der Waals surface area contributed by atoms with E-state index in [-0.39, 0.29) is 17.0 Å². The molecule has 2 N–H and O–H groups in total. The number of carboxylic acids is 1. The first-order valence-corrected chi connectivity index (χ1v) is 9.56. The van der Waals surface area contributed by atoms with Crippen molar-refractivity contribution < 1.29 is 32.6 Å². The fraction of sp³-hybridized carbons (Fsp3) is 0.529. The number of alkyl halides is 3. The molecule has 0 spiro atoms. The number of methoxy groups -OCH3 is 1. The van der Waals surface area contributed by atoms with Gasteiger partial charge in [-0.3, -0.25) is 4.79 Å². The number of aliphatic imine (C=N–C) groups is 1. The van der Waals surface area contributed by atoms with Crippen molar-refractivity contribution in [2.75, 3.05) is 25.1 Å².